The van der Waals surface area contributed by atoms with Gasteiger partial charge in [0.15, 0.2) is 0 Å². The molecule has 2 aliphatic rings. The molecule has 2 aromatic rings. The number of carbonyl (C=O) groups is 3. The minimum Gasteiger partial charge on any atom is -0.480 e. The molecule has 4 rings (SSSR count). The molecule has 2 aliphatic carbocycles. The van der Waals surface area contributed by atoms with Gasteiger partial charge in [-0.05, 0) is 47.4 Å². The minimum absolute atomic E-state index is 0.0113. The monoisotopic (exact) mass is 462 g/mol. The quantitative estimate of drug-likeness (QED) is 0.545. The van der Waals surface area contributed by atoms with Crippen molar-refractivity contribution in [3.05, 3.63) is 72.3 Å². The Morgan fingerprint density at radius 3 is 2.32 bits per heavy atom. The molecule has 7 nitrogen and oxygen atoms in total. The molecule has 1 fully saturated rings. The maximum atomic E-state index is 12.5. The number of hydrogen-bond donors (Lipinski definition) is 2. The fraction of sp³-hybridized carbons (Fsp3) is 0.370. The van der Waals surface area contributed by atoms with Crippen LogP contribution in [0.15, 0.2) is 61.2 Å². The zero-order valence-electron chi connectivity index (χ0n) is 19.1. The maximum absolute atomic E-state index is 12.5. The summed E-state index contributed by atoms with van der Waals surface area (Å²) in [6.07, 6.45) is 3.58. The van der Waals surface area contributed by atoms with Crippen LogP contribution in [0.25, 0.3) is 11.1 Å². The van der Waals surface area contributed by atoms with Crippen LogP contribution < -0.4 is 5.32 Å². The van der Waals surface area contributed by atoms with Gasteiger partial charge in [0.25, 0.3) is 0 Å². The number of ether oxygens (including phenoxy) is 1. The molecule has 2 N–H and O–H groups in total. The fourth-order valence-corrected chi connectivity index (χ4v) is 5.15. The zero-order chi connectivity index (χ0) is 24.1. The third-order valence-corrected chi connectivity index (χ3v) is 6.70. The predicted molar refractivity (Wildman–Crippen MR) is 128 cm³/mol. The van der Waals surface area contributed by atoms with Gasteiger partial charge in [0.2, 0.25) is 5.91 Å². The Kier molecular flexibility index (Phi) is 7.30. The van der Waals surface area contributed by atoms with Crippen molar-refractivity contribution in [1.82, 2.24) is 10.2 Å². The first-order valence-electron chi connectivity index (χ1n) is 11.7. The standard InChI is InChI=1S/C27H30N2O5/c1-2-13-29(16-26(31)32)25(30)15-18-11-12-19(14-18)28-27(33)34-17-24-22-9-5-3-7-20(22)21-8-4-6-10-23(21)24/h2-10,18-19,24H,1,11-17H2,(H,28,33)(H,31,32)/t18-,19+/m0/s1. The molecule has 0 heterocycles. The highest BCUT2D eigenvalue weighted by atomic mass is 16.5. The minimum atomic E-state index is -1.04. The van der Waals surface area contributed by atoms with E-state index in [1.54, 1.807) is 0 Å². The lowest BCUT2D eigenvalue weighted by Gasteiger charge is -2.21. The molecule has 178 valence electrons. The van der Waals surface area contributed by atoms with E-state index in [1.165, 1.54) is 33.2 Å². The molecular formula is C27H30N2O5. The lowest BCUT2D eigenvalue weighted by molar-refractivity contribution is -0.144. The van der Waals surface area contributed by atoms with E-state index < -0.39 is 12.1 Å². The van der Waals surface area contributed by atoms with Gasteiger partial charge < -0.3 is 20.1 Å². The molecule has 0 aromatic heterocycles. The lowest BCUT2D eigenvalue weighted by Crippen LogP contribution is -2.37. The second-order valence-electron chi connectivity index (χ2n) is 9.01. The Labute approximate surface area is 199 Å². The maximum Gasteiger partial charge on any atom is 0.407 e. The van der Waals surface area contributed by atoms with Crippen LogP contribution in [-0.2, 0) is 14.3 Å². The van der Waals surface area contributed by atoms with Gasteiger partial charge in [-0.3, -0.25) is 9.59 Å². The van der Waals surface area contributed by atoms with Crippen LogP contribution >= 0.6 is 0 Å². The Hall–Kier alpha value is -3.61. The zero-order valence-corrected chi connectivity index (χ0v) is 19.1. The molecular weight excluding hydrogens is 432 g/mol. The summed E-state index contributed by atoms with van der Waals surface area (Å²) in [4.78, 5) is 37.3. The number of hydrogen-bond acceptors (Lipinski definition) is 4. The van der Waals surface area contributed by atoms with E-state index in [9.17, 15) is 14.4 Å². The Morgan fingerprint density at radius 1 is 1.06 bits per heavy atom. The summed E-state index contributed by atoms with van der Waals surface area (Å²) in [6.45, 7) is 3.73. The van der Waals surface area contributed by atoms with Crippen molar-refractivity contribution in [3.63, 3.8) is 0 Å². The van der Waals surface area contributed by atoms with E-state index in [0.717, 1.165) is 12.8 Å². The molecule has 2 amide bonds. The van der Waals surface area contributed by atoms with Crippen LogP contribution in [0.4, 0.5) is 4.79 Å². The summed E-state index contributed by atoms with van der Waals surface area (Å²) in [7, 11) is 0. The van der Waals surface area contributed by atoms with Gasteiger partial charge in [0.05, 0.1) is 0 Å². The first-order chi connectivity index (χ1) is 16.5. The van der Waals surface area contributed by atoms with Gasteiger partial charge in [0.1, 0.15) is 13.2 Å². The van der Waals surface area contributed by atoms with Crippen molar-refractivity contribution in [3.8, 4) is 11.1 Å². The number of carboxylic acid groups (broad SMARTS) is 1. The van der Waals surface area contributed by atoms with E-state index in [2.05, 4.69) is 36.2 Å². The van der Waals surface area contributed by atoms with E-state index in [-0.39, 0.29) is 49.9 Å². The molecule has 34 heavy (non-hydrogen) atoms. The summed E-state index contributed by atoms with van der Waals surface area (Å²) in [6, 6.07) is 16.4. The van der Waals surface area contributed by atoms with Crippen LogP contribution in [0.3, 0.4) is 0 Å². The lowest BCUT2D eigenvalue weighted by atomic mass is 9.98. The highest BCUT2D eigenvalue weighted by molar-refractivity contribution is 5.82. The van der Waals surface area contributed by atoms with Crippen molar-refractivity contribution < 1.29 is 24.2 Å². The van der Waals surface area contributed by atoms with Gasteiger partial charge in [-0.1, -0.05) is 54.6 Å². The van der Waals surface area contributed by atoms with Crippen molar-refractivity contribution >= 4 is 18.0 Å². The third kappa shape index (κ3) is 5.30. The highest BCUT2D eigenvalue weighted by Gasteiger charge is 2.31. The van der Waals surface area contributed by atoms with Crippen LogP contribution in [0, 0.1) is 5.92 Å². The van der Waals surface area contributed by atoms with Crippen molar-refractivity contribution in [1.29, 1.82) is 0 Å². The molecule has 0 bridgehead atoms. The van der Waals surface area contributed by atoms with Crippen molar-refractivity contribution in [2.75, 3.05) is 19.7 Å². The van der Waals surface area contributed by atoms with Gasteiger partial charge in [-0.15, -0.1) is 6.58 Å². The van der Waals surface area contributed by atoms with Crippen molar-refractivity contribution in [2.45, 2.75) is 37.6 Å². The number of aliphatic carboxylic acids is 1. The SMILES string of the molecule is C=CCN(CC(=O)O)C(=O)C[C@H]1CC[C@@H](NC(=O)OCC2c3ccccc3-c3ccccc32)C1. The smallest absolute Gasteiger partial charge is 0.407 e. The molecule has 0 unspecified atom stereocenters. The highest BCUT2D eigenvalue weighted by Crippen LogP contribution is 2.44. The van der Waals surface area contributed by atoms with Gasteiger partial charge in [0, 0.05) is 24.9 Å². The van der Waals surface area contributed by atoms with E-state index in [0.29, 0.717) is 6.42 Å². The number of rotatable bonds is 9. The van der Waals surface area contributed by atoms with E-state index in [1.807, 2.05) is 24.3 Å². The summed E-state index contributed by atoms with van der Waals surface area (Å²) >= 11 is 0. The predicted octanol–water partition coefficient (Wildman–Crippen LogP) is 4.18. The number of alkyl carbamates (subject to hydrolysis) is 1. The second kappa shape index (κ2) is 10.5. The number of fused-ring (bicyclic) bond motifs is 3. The number of benzene rings is 2. The van der Waals surface area contributed by atoms with Crippen molar-refractivity contribution in [2.24, 2.45) is 5.92 Å². The first-order valence-corrected chi connectivity index (χ1v) is 11.7. The summed E-state index contributed by atoms with van der Waals surface area (Å²) in [5, 5.41) is 12.0. The molecule has 0 spiro atoms. The second-order valence-corrected chi connectivity index (χ2v) is 9.01. The van der Waals surface area contributed by atoms with E-state index >= 15 is 0 Å². The van der Waals surface area contributed by atoms with Crippen LogP contribution in [-0.4, -0.2) is 53.7 Å². The number of nitrogens with zero attached hydrogens (tertiary/aromatic N) is 1. The summed E-state index contributed by atoms with van der Waals surface area (Å²) < 4.78 is 5.63. The van der Waals surface area contributed by atoms with Crippen LogP contribution in [0.5, 0.6) is 0 Å². The average molecular weight is 463 g/mol. The Bertz CT molecular complexity index is 1040. The molecule has 0 aliphatic heterocycles. The topological polar surface area (TPSA) is 95.9 Å². The molecule has 7 heteroatoms. The number of carbonyl (C=O) groups excluding carboxylic acids is 2. The summed E-state index contributed by atoms with van der Waals surface area (Å²) in [5.74, 6) is -1.13. The molecule has 2 atom stereocenters. The molecule has 1 saturated carbocycles. The Balaban J connectivity index is 1.27. The largest absolute Gasteiger partial charge is 0.480 e. The number of carboxylic acids is 1. The number of amides is 2. The first kappa shape index (κ1) is 23.5. The number of nitrogens with one attached hydrogen (secondary N) is 1. The van der Waals surface area contributed by atoms with Gasteiger partial charge >= 0.3 is 12.1 Å². The fourth-order valence-electron chi connectivity index (χ4n) is 5.15. The van der Waals surface area contributed by atoms with Gasteiger partial charge in [-0.2, -0.15) is 0 Å². The Morgan fingerprint density at radius 2 is 1.71 bits per heavy atom. The third-order valence-electron chi connectivity index (χ3n) is 6.70. The summed E-state index contributed by atoms with van der Waals surface area (Å²) in [5.41, 5.74) is 4.70. The van der Waals surface area contributed by atoms with E-state index in [4.69, 9.17) is 9.84 Å². The normalized spacial score (nSPS) is 18.6. The van der Waals surface area contributed by atoms with Crippen LogP contribution in [0.2, 0.25) is 0 Å². The van der Waals surface area contributed by atoms with Crippen LogP contribution in [0.1, 0.15) is 42.7 Å². The molecule has 0 saturated heterocycles. The molecule has 2 aromatic carbocycles. The average Bonchev–Trinajstić information content (AvgIpc) is 3.39. The van der Waals surface area contributed by atoms with Gasteiger partial charge in [-0.25, -0.2) is 4.79 Å². The molecule has 0 radical (unpaired) electrons.